The highest BCUT2D eigenvalue weighted by atomic mass is 16.3. The van der Waals surface area contributed by atoms with Gasteiger partial charge in [0.05, 0.1) is 22.9 Å². The molecular formula is C20H18N4O2. The fraction of sp³-hybridized carbons (Fsp3) is 0.150. The molecule has 0 unspecified atom stereocenters. The number of furan rings is 1. The Labute approximate surface area is 150 Å². The largest absolute Gasteiger partial charge is 0.463 e. The fourth-order valence-corrected chi connectivity index (χ4v) is 3.10. The molecule has 0 saturated heterocycles. The molecule has 130 valence electrons. The number of benzene rings is 1. The maximum Gasteiger partial charge on any atom is 0.256 e. The van der Waals surface area contributed by atoms with Crippen molar-refractivity contribution in [2.75, 3.05) is 5.32 Å². The summed E-state index contributed by atoms with van der Waals surface area (Å²) in [4.78, 5) is 17.6. The smallest absolute Gasteiger partial charge is 0.256 e. The van der Waals surface area contributed by atoms with E-state index in [0.29, 0.717) is 22.7 Å². The molecule has 4 aromatic rings. The van der Waals surface area contributed by atoms with E-state index in [-0.39, 0.29) is 5.91 Å². The number of hydrogen-bond donors (Lipinski definition) is 1. The van der Waals surface area contributed by atoms with Gasteiger partial charge in [0.15, 0.2) is 11.4 Å². The highest BCUT2D eigenvalue weighted by Gasteiger charge is 2.20. The van der Waals surface area contributed by atoms with Crippen molar-refractivity contribution in [3.8, 4) is 11.5 Å². The molecule has 0 atom stereocenters. The number of pyridine rings is 1. The summed E-state index contributed by atoms with van der Waals surface area (Å²) in [5.74, 6) is 0.405. The first-order chi connectivity index (χ1) is 12.5. The highest BCUT2D eigenvalue weighted by Crippen LogP contribution is 2.27. The number of fused-ring (bicyclic) bond motifs is 1. The monoisotopic (exact) mass is 346 g/mol. The lowest BCUT2D eigenvalue weighted by Crippen LogP contribution is -2.13. The van der Waals surface area contributed by atoms with Crippen molar-refractivity contribution in [1.82, 2.24) is 14.8 Å². The van der Waals surface area contributed by atoms with Gasteiger partial charge in [0.2, 0.25) is 0 Å². The van der Waals surface area contributed by atoms with E-state index in [9.17, 15) is 4.79 Å². The molecule has 0 bridgehead atoms. The van der Waals surface area contributed by atoms with E-state index in [4.69, 9.17) is 4.42 Å². The minimum Gasteiger partial charge on any atom is -0.463 e. The van der Waals surface area contributed by atoms with Gasteiger partial charge in [-0.2, -0.15) is 5.10 Å². The van der Waals surface area contributed by atoms with Gasteiger partial charge < -0.3 is 9.73 Å². The van der Waals surface area contributed by atoms with Crippen molar-refractivity contribution >= 4 is 22.6 Å². The molecule has 0 aliphatic carbocycles. The molecule has 0 aliphatic heterocycles. The predicted octanol–water partition coefficient (Wildman–Crippen LogP) is 4.10. The Morgan fingerprint density at radius 2 is 2.00 bits per heavy atom. The van der Waals surface area contributed by atoms with E-state index < -0.39 is 0 Å². The van der Waals surface area contributed by atoms with Crippen LogP contribution in [0.4, 0.5) is 5.69 Å². The topological polar surface area (TPSA) is 73.0 Å². The molecule has 6 nitrogen and oxygen atoms in total. The van der Waals surface area contributed by atoms with Crippen LogP contribution in [0.1, 0.15) is 21.6 Å². The van der Waals surface area contributed by atoms with Gasteiger partial charge >= 0.3 is 0 Å². The maximum atomic E-state index is 13.0. The molecule has 0 saturated carbocycles. The normalized spacial score (nSPS) is 11.0. The van der Waals surface area contributed by atoms with E-state index in [1.54, 1.807) is 23.1 Å². The van der Waals surface area contributed by atoms with Gasteiger partial charge in [0.1, 0.15) is 5.69 Å². The summed E-state index contributed by atoms with van der Waals surface area (Å²) in [5.41, 5.74) is 4.35. The Kier molecular flexibility index (Phi) is 3.80. The SMILES string of the molecule is Cc1cccc(NC(=O)c2cc(-c3ccco3)nc3c2c(C)nn3C)c1. The maximum absolute atomic E-state index is 13.0. The summed E-state index contributed by atoms with van der Waals surface area (Å²) < 4.78 is 7.14. The van der Waals surface area contributed by atoms with Crippen molar-refractivity contribution in [1.29, 1.82) is 0 Å². The van der Waals surface area contributed by atoms with Gasteiger partial charge in [-0.25, -0.2) is 4.98 Å². The molecule has 4 rings (SSSR count). The quantitative estimate of drug-likeness (QED) is 0.606. The number of aromatic nitrogens is 3. The van der Waals surface area contributed by atoms with Gasteiger partial charge in [0, 0.05) is 12.7 Å². The third kappa shape index (κ3) is 2.75. The van der Waals surface area contributed by atoms with Gasteiger partial charge in [-0.3, -0.25) is 9.48 Å². The molecule has 3 heterocycles. The molecule has 0 aliphatic rings. The standard InChI is InChI=1S/C20H18N4O2/c1-12-6-4-7-14(10-12)21-20(25)15-11-16(17-8-5-9-26-17)22-19-18(15)13(2)23-24(19)3/h4-11H,1-3H3,(H,21,25). The minimum absolute atomic E-state index is 0.202. The van der Waals surface area contributed by atoms with Crippen molar-refractivity contribution in [3.63, 3.8) is 0 Å². The van der Waals surface area contributed by atoms with E-state index in [1.165, 1.54) is 0 Å². The number of aryl methyl sites for hydroxylation is 3. The average molecular weight is 346 g/mol. The second kappa shape index (κ2) is 6.15. The van der Waals surface area contributed by atoms with Gasteiger partial charge in [0.25, 0.3) is 5.91 Å². The Bertz CT molecular complexity index is 1110. The van der Waals surface area contributed by atoms with Gasteiger partial charge in [-0.1, -0.05) is 12.1 Å². The first-order valence-electron chi connectivity index (χ1n) is 8.29. The molecule has 26 heavy (non-hydrogen) atoms. The van der Waals surface area contributed by atoms with Crippen molar-refractivity contribution in [2.45, 2.75) is 13.8 Å². The highest BCUT2D eigenvalue weighted by molar-refractivity contribution is 6.13. The van der Waals surface area contributed by atoms with E-state index >= 15 is 0 Å². The van der Waals surface area contributed by atoms with E-state index in [2.05, 4.69) is 15.4 Å². The number of carbonyl (C=O) groups is 1. The van der Waals surface area contributed by atoms with Crippen LogP contribution in [0.2, 0.25) is 0 Å². The molecule has 1 N–H and O–H groups in total. The van der Waals surface area contributed by atoms with Crippen molar-refractivity contribution < 1.29 is 9.21 Å². The number of nitrogens with one attached hydrogen (secondary N) is 1. The minimum atomic E-state index is -0.202. The summed E-state index contributed by atoms with van der Waals surface area (Å²) in [7, 11) is 1.82. The Hall–Kier alpha value is -3.41. The summed E-state index contributed by atoms with van der Waals surface area (Å²) in [6, 6.07) is 13.1. The van der Waals surface area contributed by atoms with Gasteiger partial charge in [-0.15, -0.1) is 0 Å². The number of amides is 1. The Morgan fingerprint density at radius 3 is 2.73 bits per heavy atom. The number of hydrogen-bond acceptors (Lipinski definition) is 4. The summed E-state index contributed by atoms with van der Waals surface area (Å²) in [6.45, 7) is 3.86. The first kappa shape index (κ1) is 16.1. The molecule has 0 spiro atoms. The van der Waals surface area contributed by atoms with E-state index in [1.807, 2.05) is 51.2 Å². The average Bonchev–Trinajstić information content (AvgIpc) is 3.23. The lowest BCUT2D eigenvalue weighted by atomic mass is 10.1. The van der Waals surface area contributed by atoms with E-state index in [0.717, 1.165) is 22.3 Å². The van der Waals surface area contributed by atoms with Crippen LogP contribution in [0, 0.1) is 13.8 Å². The van der Waals surface area contributed by atoms with Crippen LogP contribution in [-0.2, 0) is 7.05 Å². The molecule has 0 radical (unpaired) electrons. The third-order valence-electron chi connectivity index (χ3n) is 4.26. The molecule has 3 aromatic heterocycles. The second-order valence-corrected chi connectivity index (χ2v) is 6.26. The fourth-order valence-electron chi connectivity index (χ4n) is 3.10. The van der Waals surface area contributed by atoms with Crippen molar-refractivity contribution in [2.24, 2.45) is 7.05 Å². The number of nitrogens with zero attached hydrogens (tertiary/aromatic N) is 3. The zero-order chi connectivity index (χ0) is 18.3. The van der Waals surface area contributed by atoms with Crippen LogP contribution in [-0.4, -0.2) is 20.7 Å². The zero-order valence-electron chi connectivity index (χ0n) is 14.8. The molecule has 1 aromatic carbocycles. The predicted molar refractivity (Wildman–Crippen MR) is 100 cm³/mol. The Balaban J connectivity index is 1.85. The van der Waals surface area contributed by atoms with Crippen LogP contribution in [0.3, 0.4) is 0 Å². The second-order valence-electron chi connectivity index (χ2n) is 6.26. The molecule has 1 amide bonds. The zero-order valence-corrected chi connectivity index (χ0v) is 14.8. The lowest BCUT2D eigenvalue weighted by molar-refractivity contribution is 0.102. The number of anilines is 1. The van der Waals surface area contributed by atoms with Crippen LogP contribution < -0.4 is 5.32 Å². The Morgan fingerprint density at radius 1 is 1.15 bits per heavy atom. The summed E-state index contributed by atoms with van der Waals surface area (Å²) in [5, 5.41) is 8.13. The number of carbonyl (C=O) groups excluding carboxylic acids is 1. The lowest BCUT2D eigenvalue weighted by Gasteiger charge is -2.09. The summed E-state index contributed by atoms with van der Waals surface area (Å²) >= 11 is 0. The van der Waals surface area contributed by atoms with Crippen molar-refractivity contribution in [3.05, 3.63) is 65.5 Å². The van der Waals surface area contributed by atoms with Crippen LogP contribution in [0.15, 0.2) is 53.1 Å². The number of rotatable bonds is 3. The molecular weight excluding hydrogens is 328 g/mol. The third-order valence-corrected chi connectivity index (χ3v) is 4.26. The van der Waals surface area contributed by atoms with Gasteiger partial charge in [-0.05, 0) is 49.7 Å². The van der Waals surface area contributed by atoms with Crippen LogP contribution >= 0.6 is 0 Å². The first-order valence-corrected chi connectivity index (χ1v) is 8.29. The molecule has 6 heteroatoms. The van der Waals surface area contributed by atoms with Crippen LogP contribution in [0.25, 0.3) is 22.5 Å². The summed E-state index contributed by atoms with van der Waals surface area (Å²) in [6.07, 6.45) is 1.59. The molecule has 0 fully saturated rings. The van der Waals surface area contributed by atoms with Crippen LogP contribution in [0.5, 0.6) is 0 Å².